The molecule has 14 heteroatoms. The Labute approximate surface area is 237 Å². The van der Waals surface area contributed by atoms with Gasteiger partial charge in [0.25, 0.3) is 5.56 Å². The fourth-order valence-electron chi connectivity index (χ4n) is 4.45. The minimum Gasteiger partial charge on any atom is -0.399 e. The zero-order chi connectivity index (χ0) is 29.7. The van der Waals surface area contributed by atoms with Gasteiger partial charge in [0.2, 0.25) is 21.9 Å². The Balaban J connectivity index is 1.58. The van der Waals surface area contributed by atoms with Crippen LogP contribution < -0.4 is 22.3 Å². The van der Waals surface area contributed by atoms with Gasteiger partial charge in [-0.25, -0.2) is 13.4 Å². The Morgan fingerprint density at radius 3 is 2.44 bits per heavy atom. The van der Waals surface area contributed by atoms with Crippen LogP contribution in [0.15, 0.2) is 70.6 Å². The largest absolute Gasteiger partial charge is 0.399 e. The molecule has 0 saturated heterocycles. The van der Waals surface area contributed by atoms with E-state index in [2.05, 4.69) is 20.3 Å². The molecule has 0 aliphatic rings. The van der Waals surface area contributed by atoms with Gasteiger partial charge in [-0.2, -0.15) is 9.29 Å². The van der Waals surface area contributed by atoms with E-state index in [0.29, 0.717) is 5.69 Å². The maximum Gasteiger partial charge on any atom is 0.280 e. The summed E-state index contributed by atoms with van der Waals surface area (Å²) < 4.78 is 29.7. The van der Waals surface area contributed by atoms with Crippen molar-refractivity contribution in [2.75, 3.05) is 24.6 Å². The zero-order valence-corrected chi connectivity index (χ0v) is 23.6. The van der Waals surface area contributed by atoms with Crippen molar-refractivity contribution in [2.45, 2.75) is 43.9 Å². The van der Waals surface area contributed by atoms with Gasteiger partial charge in [-0.3, -0.25) is 14.6 Å². The highest BCUT2D eigenvalue weighted by Crippen LogP contribution is 2.20. The van der Waals surface area contributed by atoms with Crippen LogP contribution in [0.25, 0.3) is 11.2 Å². The fourth-order valence-corrected chi connectivity index (χ4v) is 6.07. The number of sulfonamides is 1. The standard InChI is InChI=1S/C27H34N8O5S/c1-17(2)13-35(41(39,40)20-10-8-19(28)9-11-20)14-22(36)21(12-18-6-4-3-5-7-18)31-23(37)15-34-16-30-24-25(34)32-27(29)33-26(24)38/h3-11,16-17,21-22,36H,12-15,28H2,1-2H3,(H,31,37)(H3,29,32,33,38)/t21-,22+/m0/s1. The number of nitrogen functional groups attached to an aromatic ring is 2. The van der Waals surface area contributed by atoms with Gasteiger partial charge in [0.1, 0.15) is 6.54 Å². The average Bonchev–Trinajstić information content (AvgIpc) is 3.31. The van der Waals surface area contributed by atoms with Gasteiger partial charge in [-0.05, 0) is 42.2 Å². The summed E-state index contributed by atoms with van der Waals surface area (Å²) in [5.41, 5.74) is 12.3. The highest BCUT2D eigenvalue weighted by atomic mass is 32.2. The summed E-state index contributed by atoms with van der Waals surface area (Å²) in [4.78, 5) is 35.8. The lowest BCUT2D eigenvalue weighted by Crippen LogP contribution is -2.51. The van der Waals surface area contributed by atoms with Gasteiger partial charge in [-0.15, -0.1) is 0 Å². The van der Waals surface area contributed by atoms with Crippen LogP contribution in [0, 0.1) is 5.92 Å². The molecule has 0 aliphatic carbocycles. The van der Waals surface area contributed by atoms with Gasteiger partial charge >= 0.3 is 0 Å². The van der Waals surface area contributed by atoms with E-state index in [-0.39, 0.29) is 54.0 Å². The van der Waals surface area contributed by atoms with E-state index in [1.165, 1.54) is 39.5 Å². The summed E-state index contributed by atoms with van der Waals surface area (Å²) in [5, 5.41) is 14.2. The van der Waals surface area contributed by atoms with Crippen molar-refractivity contribution in [3.05, 3.63) is 76.8 Å². The summed E-state index contributed by atoms with van der Waals surface area (Å²) in [6, 6.07) is 14.2. The van der Waals surface area contributed by atoms with Crippen LogP contribution in [0.1, 0.15) is 19.4 Å². The highest BCUT2D eigenvalue weighted by molar-refractivity contribution is 7.89. The number of benzene rings is 2. The molecule has 4 rings (SSSR count). The predicted molar refractivity (Wildman–Crippen MR) is 155 cm³/mol. The van der Waals surface area contributed by atoms with E-state index in [1.807, 2.05) is 44.2 Å². The topological polar surface area (TPSA) is 202 Å². The first-order chi connectivity index (χ1) is 19.4. The van der Waals surface area contributed by atoms with Crippen molar-refractivity contribution >= 4 is 38.7 Å². The summed E-state index contributed by atoms with van der Waals surface area (Å²) >= 11 is 0. The van der Waals surface area contributed by atoms with Crippen molar-refractivity contribution in [2.24, 2.45) is 5.92 Å². The monoisotopic (exact) mass is 582 g/mol. The van der Waals surface area contributed by atoms with Gasteiger partial charge in [0.15, 0.2) is 11.2 Å². The molecule has 41 heavy (non-hydrogen) atoms. The van der Waals surface area contributed by atoms with Gasteiger partial charge in [0, 0.05) is 18.8 Å². The third-order valence-electron chi connectivity index (χ3n) is 6.39. The number of aromatic amines is 1. The predicted octanol–water partition coefficient (Wildman–Crippen LogP) is 0.719. The third-order valence-corrected chi connectivity index (χ3v) is 8.24. The number of nitrogens with zero attached hydrogens (tertiary/aromatic N) is 4. The maximum absolute atomic E-state index is 13.5. The quantitative estimate of drug-likeness (QED) is 0.149. The average molecular weight is 583 g/mol. The van der Waals surface area contributed by atoms with Crippen LogP contribution in [0.4, 0.5) is 11.6 Å². The Bertz CT molecular complexity index is 1650. The Hall–Kier alpha value is -4.27. The maximum atomic E-state index is 13.5. The summed E-state index contributed by atoms with van der Waals surface area (Å²) in [6.07, 6.45) is 0.274. The number of aliphatic hydroxyl groups is 1. The van der Waals surface area contributed by atoms with Crippen LogP contribution in [0.2, 0.25) is 0 Å². The molecule has 218 valence electrons. The molecule has 0 fully saturated rings. The number of nitrogens with one attached hydrogen (secondary N) is 2. The van der Waals surface area contributed by atoms with Crippen molar-refractivity contribution in [3.63, 3.8) is 0 Å². The van der Waals surface area contributed by atoms with Crippen molar-refractivity contribution in [1.29, 1.82) is 0 Å². The second-order valence-corrected chi connectivity index (χ2v) is 12.1. The molecule has 2 heterocycles. The second-order valence-electron chi connectivity index (χ2n) is 10.2. The summed E-state index contributed by atoms with van der Waals surface area (Å²) in [5.74, 6) is -0.651. The molecule has 2 aromatic carbocycles. The zero-order valence-electron chi connectivity index (χ0n) is 22.8. The third kappa shape index (κ3) is 7.28. The van der Waals surface area contributed by atoms with Gasteiger partial charge < -0.3 is 26.5 Å². The molecule has 7 N–H and O–H groups in total. The Morgan fingerprint density at radius 1 is 1.10 bits per heavy atom. The lowest BCUT2D eigenvalue weighted by molar-refractivity contribution is -0.123. The van der Waals surface area contributed by atoms with E-state index in [0.717, 1.165) is 5.56 Å². The minimum atomic E-state index is -3.98. The highest BCUT2D eigenvalue weighted by Gasteiger charge is 2.31. The number of rotatable bonds is 12. The number of aromatic nitrogens is 4. The normalized spacial score (nSPS) is 13.5. The van der Waals surface area contributed by atoms with Gasteiger partial charge in [0.05, 0.1) is 23.4 Å². The van der Waals surface area contributed by atoms with Crippen LogP contribution in [-0.4, -0.2) is 68.5 Å². The Morgan fingerprint density at radius 2 is 1.78 bits per heavy atom. The number of H-pyrrole nitrogens is 1. The first kappa shape index (κ1) is 29.7. The number of imidazole rings is 1. The number of aliphatic hydroxyl groups excluding tert-OH is 1. The molecule has 0 spiro atoms. The van der Waals surface area contributed by atoms with Crippen LogP contribution >= 0.6 is 0 Å². The van der Waals surface area contributed by atoms with E-state index in [9.17, 15) is 23.1 Å². The van der Waals surface area contributed by atoms with Crippen molar-refractivity contribution in [3.8, 4) is 0 Å². The number of hydrogen-bond acceptors (Lipinski definition) is 9. The second kappa shape index (κ2) is 12.5. The molecule has 4 aromatic rings. The van der Waals surface area contributed by atoms with Crippen LogP contribution in [0.5, 0.6) is 0 Å². The molecule has 0 bridgehead atoms. The molecular weight excluding hydrogens is 548 g/mol. The Kier molecular flexibility index (Phi) is 9.05. The molecule has 1 amide bonds. The number of fused-ring (bicyclic) bond motifs is 1. The number of amides is 1. The molecule has 0 aliphatic heterocycles. The number of carbonyl (C=O) groups is 1. The number of nitrogens with two attached hydrogens (primary N) is 2. The van der Waals surface area contributed by atoms with Crippen molar-refractivity contribution < 1.29 is 18.3 Å². The first-order valence-electron chi connectivity index (χ1n) is 13.0. The molecule has 13 nitrogen and oxygen atoms in total. The molecule has 0 radical (unpaired) electrons. The molecular formula is C27H34N8O5S. The van der Waals surface area contributed by atoms with Gasteiger partial charge in [-0.1, -0.05) is 44.2 Å². The van der Waals surface area contributed by atoms with E-state index in [4.69, 9.17) is 11.5 Å². The number of hydrogen-bond donors (Lipinski definition) is 5. The first-order valence-corrected chi connectivity index (χ1v) is 14.5. The SMILES string of the molecule is CC(C)CN(C[C@@H](O)[C@H](Cc1ccccc1)NC(=O)Cn1cnc2c(=O)[nH]c(N)nc21)S(=O)(=O)c1ccc(N)cc1. The van der Waals surface area contributed by atoms with Crippen LogP contribution in [-0.2, 0) is 27.8 Å². The number of carbonyl (C=O) groups excluding carboxylic acids is 1. The lowest BCUT2D eigenvalue weighted by atomic mass is 10.0. The van der Waals surface area contributed by atoms with E-state index >= 15 is 0 Å². The fraction of sp³-hybridized carbons (Fsp3) is 0.333. The minimum absolute atomic E-state index is 0.0325. The van der Waals surface area contributed by atoms with E-state index < -0.39 is 33.6 Å². The smallest absolute Gasteiger partial charge is 0.280 e. The summed E-state index contributed by atoms with van der Waals surface area (Å²) in [6.45, 7) is 3.39. The molecule has 0 saturated carbocycles. The molecule has 2 atom stereocenters. The lowest BCUT2D eigenvalue weighted by Gasteiger charge is -2.31. The van der Waals surface area contributed by atoms with Crippen LogP contribution in [0.3, 0.4) is 0 Å². The van der Waals surface area contributed by atoms with E-state index in [1.54, 1.807) is 0 Å². The number of anilines is 2. The summed E-state index contributed by atoms with van der Waals surface area (Å²) in [7, 11) is -3.98. The molecule has 2 aromatic heterocycles. The van der Waals surface area contributed by atoms with Crippen molar-refractivity contribution in [1.82, 2.24) is 29.1 Å². The molecule has 0 unspecified atom stereocenters.